The molecule has 2 N–H and O–H groups in total. The summed E-state index contributed by atoms with van der Waals surface area (Å²) in [6, 6.07) is -0.171. The molecule has 2 rings (SSSR count). The molecule has 0 spiro atoms. The molecule has 5 nitrogen and oxygen atoms in total. The maximum Gasteiger partial charge on any atom is 0.308 e. The first-order valence-electron chi connectivity index (χ1n) is 6.26. The predicted molar refractivity (Wildman–Crippen MR) is 62.4 cm³/mol. The van der Waals surface area contributed by atoms with Gasteiger partial charge in [0.2, 0.25) is 5.91 Å². The molecule has 5 heteroatoms. The van der Waals surface area contributed by atoms with Gasteiger partial charge in [0.05, 0.1) is 5.92 Å². The summed E-state index contributed by atoms with van der Waals surface area (Å²) in [7, 11) is 0. The van der Waals surface area contributed by atoms with Crippen LogP contribution in [0.2, 0.25) is 0 Å². The summed E-state index contributed by atoms with van der Waals surface area (Å²) in [5, 5.41) is 12.2. The molecule has 0 bridgehead atoms. The van der Waals surface area contributed by atoms with Crippen molar-refractivity contribution in [3.05, 3.63) is 0 Å². The molecule has 0 saturated carbocycles. The second kappa shape index (κ2) is 4.64. The highest BCUT2D eigenvalue weighted by Crippen LogP contribution is 2.28. The van der Waals surface area contributed by atoms with Gasteiger partial charge in [0.15, 0.2) is 0 Å². The van der Waals surface area contributed by atoms with Crippen molar-refractivity contribution in [3.63, 3.8) is 0 Å². The van der Waals surface area contributed by atoms with E-state index in [2.05, 4.69) is 5.32 Å². The van der Waals surface area contributed by atoms with E-state index in [0.29, 0.717) is 18.9 Å². The highest BCUT2D eigenvalue weighted by atomic mass is 16.4. The van der Waals surface area contributed by atoms with E-state index in [0.717, 1.165) is 13.1 Å². The van der Waals surface area contributed by atoms with Gasteiger partial charge in [0.25, 0.3) is 0 Å². The van der Waals surface area contributed by atoms with E-state index in [9.17, 15) is 9.59 Å². The topological polar surface area (TPSA) is 69.6 Å². The Morgan fingerprint density at radius 2 is 2.06 bits per heavy atom. The summed E-state index contributed by atoms with van der Waals surface area (Å²) in [6.45, 7) is 6.18. The first kappa shape index (κ1) is 12.4. The fourth-order valence-electron chi connectivity index (χ4n) is 2.71. The first-order valence-corrected chi connectivity index (χ1v) is 6.26. The minimum Gasteiger partial charge on any atom is -0.481 e. The zero-order valence-corrected chi connectivity index (χ0v) is 10.3. The number of hydrogen-bond acceptors (Lipinski definition) is 3. The summed E-state index contributed by atoms with van der Waals surface area (Å²) in [4.78, 5) is 25.0. The number of carbonyl (C=O) groups is 2. The van der Waals surface area contributed by atoms with Crippen molar-refractivity contribution in [2.45, 2.75) is 26.3 Å². The second-order valence-corrected chi connectivity index (χ2v) is 5.21. The second-order valence-electron chi connectivity index (χ2n) is 5.21. The number of amides is 1. The fourth-order valence-corrected chi connectivity index (χ4v) is 2.71. The maximum absolute atomic E-state index is 12.3. The Kier molecular flexibility index (Phi) is 3.38. The predicted octanol–water partition coefficient (Wildman–Crippen LogP) is 0.164. The Morgan fingerprint density at radius 3 is 2.47 bits per heavy atom. The maximum atomic E-state index is 12.3. The lowest BCUT2D eigenvalue weighted by atomic mass is 9.87. The van der Waals surface area contributed by atoms with Crippen LogP contribution in [-0.4, -0.2) is 47.6 Å². The standard InChI is InChI=1S/C12H20N2O3/c1-7(9-5-13-6-9)11(15)14-4-3-10(8(14)2)12(16)17/h7-10,13H,3-6H2,1-2H3,(H,16,17). The van der Waals surface area contributed by atoms with Gasteiger partial charge in [-0.05, 0) is 32.4 Å². The van der Waals surface area contributed by atoms with Crippen molar-refractivity contribution in [1.82, 2.24) is 10.2 Å². The minimum absolute atomic E-state index is 0.00578. The number of carboxylic acid groups (broad SMARTS) is 1. The van der Waals surface area contributed by atoms with Gasteiger partial charge in [-0.3, -0.25) is 9.59 Å². The van der Waals surface area contributed by atoms with Gasteiger partial charge >= 0.3 is 5.97 Å². The van der Waals surface area contributed by atoms with Crippen LogP contribution in [0.15, 0.2) is 0 Å². The number of rotatable bonds is 3. The first-order chi connectivity index (χ1) is 8.02. The lowest BCUT2D eigenvalue weighted by Crippen LogP contribution is -2.51. The highest BCUT2D eigenvalue weighted by Gasteiger charge is 2.41. The van der Waals surface area contributed by atoms with Crippen LogP contribution in [0.4, 0.5) is 0 Å². The van der Waals surface area contributed by atoms with Crippen LogP contribution in [0.3, 0.4) is 0 Å². The summed E-state index contributed by atoms with van der Waals surface area (Å²) in [6.07, 6.45) is 0.581. The van der Waals surface area contributed by atoms with Gasteiger partial charge in [-0.15, -0.1) is 0 Å². The van der Waals surface area contributed by atoms with Crippen LogP contribution < -0.4 is 5.32 Å². The molecule has 0 radical (unpaired) electrons. The van der Waals surface area contributed by atoms with Gasteiger partial charge in [0.1, 0.15) is 0 Å². The number of hydrogen-bond donors (Lipinski definition) is 2. The number of aliphatic carboxylic acids is 1. The summed E-state index contributed by atoms with van der Waals surface area (Å²) in [5.41, 5.74) is 0. The number of carbonyl (C=O) groups excluding carboxylic acids is 1. The molecule has 2 heterocycles. The molecular weight excluding hydrogens is 220 g/mol. The number of likely N-dealkylation sites (tertiary alicyclic amines) is 1. The van der Waals surface area contributed by atoms with E-state index in [1.54, 1.807) is 4.90 Å². The molecule has 1 amide bonds. The molecule has 2 aliphatic rings. The van der Waals surface area contributed by atoms with E-state index in [4.69, 9.17) is 5.11 Å². The smallest absolute Gasteiger partial charge is 0.308 e. The lowest BCUT2D eigenvalue weighted by Gasteiger charge is -2.35. The SMILES string of the molecule is CC(C(=O)N1CCC(C(=O)O)C1C)C1CNC1. The highest BCUT2D eigenvalue weighted by molar-refractivity contribution is 5.81. The van der Waals surface area contributed by atoms with E-state index in [-0.39, 0.29) is 17.9 Å². The third-order valence-electron chi connectivity index (χ3n) is 4.26. The molecule has 96 valence electrons. The third-order valence-corrected chi connectivity index (χ3v) is 4.26. The zero-order valence-electron chi connectivity index (χ0n) is 10.3. The third kappa shape index (κ3) is 2.16. The van der Waals surface area contributed by atoms with Crippen molar-refractivity contribution in [2.75, 3.05) is 19.6 Å². The van der Waals surface area contributed by atoms with Crippen LogP contribution in [0.25, 0.3) is 0 Å². The Labute approximate surface area is 101 Å². The zero-order chi connectivity index (χ0) is 12.6. The molecular formula is C12H20N2O3. The van der Waals surface area contributed by atoms with Gasteiger partial charge < -0.3 is 15.3 Å². The van der Waals surface area contributed by atoms with Crippen LogP contribution >= 0.6 is 0 Å². The molecule has 3 atom stereocenters. The van der Waals surface area contributed by atoms with Crippen LogP contribution in [0.5, 0.6) is 0 Å². The van der Waals surface area contributed by atoms with Crippen molar-refractivity contribution in [1.29, 1.82) is 0 Å². The number of nitrogens with zero attached hydrogens (tertiary/aromatic N) is 1. The van der Waals surface area contributed by atoms with Crippen molar-refractivity contribution in [2.24, 2.45) is 17.8 Å². The molecule has 3 unspecified atom stereocenters. The Morgan fingerprint density at radius 1 is 1.41 bits per heavy atom. The molecule has 0 aliphatic carbocycles. The van der Waals surface area contributed by atoms with Crippen molar-refractivity contribution in [3.8, 4) is 0 Å². The number of nitrogens with one attached hydrogen (secondary N) is 1. The quantitative estimate of drug-likeness (QED) is 0.737. The van der Waals surface area contributed by atoms with E-state index < -0.39 is 11.9 Å². The molecule has 0 aromatic rings. The van der Waals surface area contributed by atoms with Crippen LogP contribution in [0, 0.1) is 17.8 Å². The summed E-state index contributed by atoms with van der Waals surface area (Å²) in [5.74, 6) is -0.644. The lowest BCUT2D eigenvalue weighted by molar-refractivity contribution is -0.144. The van der Waals surface area contributed by atoms with Crippen molar-refractivity contribution < 1.29 is 14.7 Å². The summed E-state index contributed by atoms with van der Waals surface area (Å²) >= 11 is 0. The van der Waals surface area contributed by atoms with Crippen LogP contribution in [0.1, 0.15) is 20.3 Å². The van der Waals surface area contributed by atoms with E-state index in [1.807, 2.05) is 13.8 Å². The summed E-state index contributed by atoms with van der Waals surface area (Å²) < 4.78 is 0. The van der Waals surface area contributed by atoms with Gasteiger partial charge in [-0.25, -0.2) is 0 Å². The molecule has 2 aliphatic heterocycles. The normalized spacial score (nSPS) is 31.1. The molecule has 2 saturated heterocycles. The fraction of sp³-hybridized carbons (Fsp3) is 0.833. The van der Waals surface area contributed by atoms with Gasteiger partial charge in [-0.1, -0.05) is 6.92 Å². The average Bonchev–Trinajstić information content (AvgIpc) is 2.56. The minimum atomic E-state index is -0.786. The molecule has 17 heavy (non-hydrogen) atoms. The average molecular weight is 240 g/mol. The number of carboxylic acids is 1. The molecule has 0 aromatic carbocycles. The van der Waals surface area contributed by atoms with Gasteiger partial charge in [-0.2, -0.15) is 0 Å². The Balaban J connectivity index is 1.98. The largest absolute Gasteiger partial charge is 0.481 e. The monoisotopic (exact) mass is 240 g/mol. The van der Waals surface area contributed by atoms with E-state index in [1.165, 1.54) is 0 Å². The van der Waals surface area contributed by atoms with Crippen LogP contribution in [-0.2, 0) is 9.59 Å². The molecule has 0 aromatic heterocycles. The molecule has 2 fully saturated rings. The van der Waals surface area contributed by atoms with E-state index >= 15 is 0 Å². The Bertz CT molecular complexity index is 328. The van der Waals surface area contributed by atoms with Gasteiger partial charge in [0, 0.05) is 18.5 Å². The van der Waals surface area contributed by atoms with Crippen molar-refractivity contribution >= 4 is 11.9 Å². The Hall–Kier alpha value is -1.10.